The van der Waals surface area contributed by atoms with Crippen LogP contribution in [0.4, 0.5) is 4.79 Å². The topological polar surface area (TPSA) is 69.6 Å². The number of hydrogen-bond acceptors (Lipinski definition) is 2. The minimum Gasteiger partial charge on any atom is -0.480 e. The molecule has 1 aliphatic heterocycles. The van der Waals surface area contributed by atoms with E-state index >= 15 is 0 Å². The van der Waals surface area contributed by atoms with Crippen molar-refractivity contribution in [2.24, 2.45) is 11.8 Å². The fourth-order valence-electron chi connectivity index (χ4n) is 3.11. The third-order valence-electron chi connectivity index (χ3n) is 4.14. The van der Waals surface area contributed by atoms with Gasteiger partial charge in [0.15, 0.2) is 0 Å². The molecule has 3 unspecified atom stereocenters. The highest BCUT2D eigenvalue weighted by molar-refractivity contribution is 5.83. The maximum atomic E-state index is 11.9. The molecule has 3 atom stereocenters. The number of carbonyl (C=O) groups excluding carboxylic acids is 1. The number of carbonyl (C=O) groups is 2. The van der Waals surface area contributed by atoms with E-state index in [4.69, 9.17) is 5.11 Å². The van der Waals surface area contributed by atoms with Gasteiger partial charge >= 0.3 is 12.0 Å². The third kappa shape index (κ3) is 2.94. The fourth-order valence-corrected chi connectivity index (χ4v) is 3.11. The monoisotopic (exact) mass is 254 g/mol. The summed E-state index contributed by atoms with van der Waals surface area (Å²) in [5, 5.41) is 11.9. The Labute approximate surface area is 108 Å². The zero-order chi connectivity index (χ0) is 13.1. The largest absolute Gasteiger partial charge is 0.480 e. The van der Waals surface area contributed by atoms with Gasteiger partial charge < -0.3 is 15.3 Å². The van der Waals surface area contributed by atoms with Crippen molar-refractivity contribution in [3.63, 3.8) is 0 Å². The zero-order valence-electron chi connectivity index (χ0n) is 10.9. The molecule has 2 rings (SSSR count). The van der Waals surface area contributed by atoms with Crippen LogP contribution in [0.5, 0.6) is 0 Å². The van der Waals surface area contributed by atoms with Crippen molar-refractivity contribution in [1.82, 2.24) is 10.2 Å². The second kappa shape index (κ2) is 5.59. The van der Waals surface area contributed by atoms with E-state index in [9.17, 15) is 9.59 Å². The summed E-state index contributed by atoms with van der Waals surface area (Å²) >= 11 is 0. The molecule has 0 aromatic carbocycles. The summed E-state index contributed by atoms with van der Waals surface area (Å²) in [5.74, 6) is 0.428. The molecule has 18 heavy (non-hydrogen) atoms. The molecule has 0 radical (unpaired) electrons. The molecule has 0 aromatic heterocycles. The first-order valence-corrected chi connectivity index (χ1v) is 6.85. The normalized spacial score (nSPS) is 31.6. The van der Waals surface area contributed by atoms with Gasteiger partial charge in [-0.2, -0.15) is 0 Å². The molecule has 102 valence electrons. The summed E-state index contributed by atoms with van der Waals surface area (Å²) in [5.41, 5.74) is 0. The Kier molecular flexibility index (Phi) is 4.09. The van der Waals surface area contributed by atoms with Crippen molar-refractivity contribution in [3.05, 3.63) is 0 Å². The second-order valence-corrected chi connectivity index (χ2v) is 5.66. The van der Waals surface area contributed by atoms with Crippen molar-refractivity contribution in [2.45, 2.75) is 45.1 Å². The first-order valence-electron chi connectivity index (χ1n) is 6.85. The maximum absolute atomic E-state index is 11.9. The minimum atomic E-state index is -0.892. The standard InChI is InChI=1S/C13H22N2O3/c1-9-4-5-10(7-9)8-14-13(18)15-6-2-3-11(15)12(16)17/h9-11H,2-8H2,1H3,(H,14,18)(H,16,17). The fraction of sp³-hybridized carbons (Fsp3) is 0.846. The van der Waals surface area contributed by atoms with Gasteiger partial charge in [0.1, 0.15) is 6.04 Å². The van der Waals surface area contributed by atoms with Crippen LogP contribution >= 0.6 is 0 Å². The highest BCUT2D eigenvalue weighted by atomic mass is 16.4. The number of nitrogens with zero attached hydrogens (tertiary/aromatic N) is 1. The third-order valence-corrected chi connectivity index (χ3v) is 4.14. The molecular formula is C13H22N2O3. The Morgan fingerprint density at radius 1 is 1.33 bits per heavy atom. The molecular weight excluding hydrogens is 232 g/mol. The van der Waals surface area contributed by atoms with E-state index in [1.54, 1.807) is 0 Å². The van der Waals surface area contributed by atoms with E-state index in [1.807, 2.05) is 0 Å². The number of urea groups is 1. The molecule has 1 saturated carbocycles. The zero-order valence-corrected chi connectivity index (χ0v) is 10.9. The van der Waals surface area contributed by atoms with Gasteiger partial charge in [0, 0.05) is 13.1 Å². The molecule has 5 nitrogen and oxygen atoms in total. The van der Waals surface area contributed by atoms with E-state index < -0.39 is 12.0 Å². The van der Waals surface area contributed by atoms with E-state index in [0.29, 0.717) is 25.4 Å². The van der Waals surface area contributed by atoms with E-state index in [-0.39, 0.29) is 6.03 Å². The number of hydrogen-bond donors (Lipinski definition) is 2. The summed E-state index contributed by atoms with van der Waals surface area (Å²) in [4.78, 5) is 24.4. The van der Waals surface area contributed by atoms with Crippen molar-refractivity contribution in [2.75, 3.05) is 13.1 Å². The summed E-state index contributed by atoms with van der Waals surface area (Å²) in [7, 11) is 0. The van der Waals surface area contributed by atoms with Crippen molar-refractivity contribution >= 4 is 12.0 Å². The van der Waals surface area contributed by atoms with Crippen LogP contribution in [-0.2, 0) is 4.79 Å². The maximum Gasteiger partial charge on any atom is 0.326 e. The molecule has 1 saturated heterocycles. The lowest BCUT2D eigenvalue weighted by atomic mass is 10.1. The molecule has 0 spiro atoms. The summed E-state index contributed by atoms with van der Waals surface area (Å²) in [6.07, 6.45) is 4.93. The van der Waals surface area contributed by atoms with E-state index in [1.165, 1.54) is 24.2 Å². The Morgan fingerprint density at radius 3 is 2.72 bits per heavy atom. The van der Waals surface area contributed by atoms with Gasteiger partial charge in [-0.3, -0.25) is 0 Å². The Bertz CT molecular complexity index is 332. The number of carboxylic acids is 1. The minimum absolute atomic E-state index is 0.209. The number of likely N-dealkylation sites (tertiary alicyclic amines) is 1. The Hall–Kier alpha value is -1.26. The Balaban J connectivity index is 1.79. The van der Waals surface area contributed by atoms with Crippen LogP contribution in [0.2, 0.25) is 0 Å². The van der Waals surface area contributed by atoms with Gasteiger partial charge in [-0.1, -0.05) is 13.3 Å². The van der Waals surface area contributed by atoms with Crippen molar-refractivity contribution in [1.29, 1.82) is 0 Å². The van der Waals surface area contributed by atoms with E-state index in [0.717, 1.165) is 12.3 Å². The smallest absolute Gasteiger partial charge is 0.326 e. The number of nitrogens with one attached hydrogen (secondary N) is 1. The highest BCUT2D eigenvalue weighted by Crippen LogP contribution is 2.29. The van der Waals surface area contributed by atoms with Gasteiger partial charge in [0.2, 0.25) is 0 Å². The van der Waals surface area contributed by atoms with E-state index in [2.05, 4.69) is 12.2 Å². The molecule has 2 N–H and O–H groups in total. The van der Waals surface area contributed by atoms with Crippen LogP contribution in [-0.4, -0.2) is 41.1 Å². The number of amides is 2. The van der Waals surface area contributed by atoms with Crippen LogP contribution in [0, 0.1) is 11.8 Å². The van der Waals surface area contributed by atoms with Crippen LogP contribution in [0.25, 0.3) is 0 Å². The van der Waals surface area contributed by atoms with Gasteiger partial charge in [0.25, 0.3) is 0 Å². The molecule has 1 heterocycles. The number of aliphatic carboxylic acids is 1. The van der Waals surface area contributed by atoms with Gasteiger partial charge in [0.05, 0.1) is 0 Å². The summed E-state index contributed by atoms with van der Waals surface area (Å²) < 4.78 is 0. The highest BCUT2D eigenvalue weighted by Gasteiger charge is 2.34. The Morgan fingerprint density at radius 2 is 2.11 bits per heavy atom. The second-order valence-electron chi connectivity index (χ2n) is 5.66. The molecule has 5 heteroatoms. The lowest BCUT2D eigenvalue weighted by Gasteiger charge is -2.22. The molecule has 2 aliphatic rings. The molecule has 0 aromatic rings. The van der Waals surface area contributed by atoms with Gasteiger partial charge in [-0.15, -0.1) is 0 Å². The summed E-state index contributed by atoms with van der Waals surface area (Å²) in [6.45, 7) is 3.48. The lowest BCUT2D eigenvalue weighted by Crippen LogP contribution is -2.46. The van der Waals surface area contributed by atoms with Crippen LogP contribution in [0.1, 0.15) is 39.0 Å². The van der Waals surface area contributed by atoms with Crippen LogP contribution < -0.4 is 5.32 Å². The molecule has 1 aliphatic carbocycles. The molecule has 2 amide bonds. The molecule has 0 bridgehead atoms. The molecule has 2 fully saturated rings. The predicted molar refractivity (Wildman–Crippen MR) is 67.3 cm³/mol. The van der Waals surface area contributed by atoms with Gasteiger partial charge in [-0.05, 0) is 37.5 Å². The summed E-state index contributed by atoms with van der Waals surface area (Å²) in [6, 6.07) is -0.841. The quantitative estimate of drug-likeness (QED) is 0.805. The van der Waals surface area contributed by atoms with Crippen molar-refractivity contribution < 1.29 is 14.7 Å². The predicted octanol–water partition coefficient (Wildman–Crippen LogP) is 1.68. The lowest BCUT2D eigenvalue weighted by molar-refractivity contribution is -0.141. The number of carboxylic acid groups (broad SMARTS) is 1. The van der Waals surface area contributed by atoms with Crippen LogP contribution in [0.3, 0.4) is 0 Å². The SMILES string of the molecule is CC1CCC(CNC(=O)N2CCCC2C(=O)O)C1. The van der Waals surface area contributed by atoms with Crippen molar-refractivity contribution in [3.8, 4) is 0 Å². The average molecular weight is 254 g/mol. The first kappa shape index (κ1) is 13.2. The first-order chi connectivity index (χ1) is 8.58. The average Bonchev–Trinajstić information content (AvgIpc) is 2.94. The van der Waals surface area contributed by atoms with Gasteiger partial charge in [-0.25, -0.2) is 9.59 Å². The number of rotatable bonds is 3. The van der Waals surface area contributed by atoms with Crippen LogP contribution in [0.15, 0.2) is 0 Å².